The molecule has 0 bridgehead atoms. The summed E-state index contributed by atoms with van der Waals surface area (Å²) < 4.78 is 5.35. The molecule has 2 N–H and O–H groups in total. The Morgan fingerprint density at radius 1 is 1.50 bits per heavy atom. The van der Waals surface area contributed by atoms with E-state index >= 15 is 0 Å². The largest absolute Gasteiger partial charge is 0.493 e. The third-order valence-corrected chi connectivity index (χ3v) is 2.44. The first-order valence-electron chi connectivity index (χ1n) is 5.09. The van der Waals surface area contributed by atoms with Crippen LogP contribution in [0.1, 0.15) is 12.0 Å². The van der Waals surface area contributed by atoms with E-state index in [4.69, 9.17) is 9.84 Å². The van der Waals surface area contributed by atoms with Crippen LogP contribution >= 0.6 is 0 Å². The normalized spacial score (nSPS) is 10.6. The van der Waals surface area contributed by atoms with Gasteiger partial charge in [-0.3, -0.25) is 4.79 Å². The number of hydrogen-bond donors (Lipinski definition) is 2. The van der Waals surface area contributed by atoms with Crippen molar-refractivity contribution in [3.05, 3.63) is 30.0 Å². The number of hydrogen-bond acceptors (Lipinski definition) is 2. The molecule has 4 heteroatoms. The van der Waals surface area contributed by atoms with Crippen LogP contribution in [0.4, 0.5) is 0 Å². The molecule has 0 aliphatic carbocycles. The Labute approximate surface area is 92.9 Å². The molecule has 0 saturated carbocycles. The van der Waals surface area contributed by atoms with Crippen LogP contribution in [0.15, 0.2) is 24.4 Å². The van der Waals surface area contributed by atoms with E-state index in [1.54, 1.807) is 0 Å². The van der Waals surface area contributed by atoms with E-state index in [-0.39, 0.29) is 13.0 Å². The first-order chi connectivity index (χ1) is 7.66. The Hall–Kier alpha value is -1.97. The highest BCUT2D eigenvalue weighted by atomic mass is 16.5. The Kier molecular flexibility index (Phi) is 2.81. The number of benzene rings is 1. The molecule has 0 aliphatic heterocycles. The molecule has 2 aromatic rings. The third-order valence-electron chi connectivity index (χ3n) is 2.44. The summed E-state index contributed by atoms with van der Waals surface area (Å²) in [6.07, 6.45) is 1.95. The number of nitrogens with one attached hydrogen (secondary N) is 1. The second-order valence-electron chi connectivity index (χ2n) is 3.67. The predicted octanol–water partition coefficient (Wildman–Crippen LogP) is 2.33. The van der Waals surface area contributed by atoms with E-state index in [9.17, 15) is 4.79 Å². The highest BCUT2D eigenvalue weighted by molar-refractivity contribution is 5.84. The molecule has 0 fully saturated rings. The number of carboxylic acids is 1. The number of aliphatic carboxylic acids is 1. The Morgan fingerprint density at radius 3 is 3.06 bits per heavy atom. The lowest BCUT2D eigenvalue weighted by Crippen LogP contribution is -2.04. The van der Waals surface area contributed by atoms with Gasteiger partial charge in [-0.1, -0.05) is 0 Å². The maximum absolute atomic E-state index is 10.3. The average Bonchev–Trinajstić information content (AvgIpc) is 2.60. The van der Waals surface area contributed by atoms with Gasteiger partial charge in [-0.05, 0) is 30.7 Å². The van der Waals surface area contributed by atoms with Crippen LogP contribution in [0.25, 0.3) is 10.9 Å². The molecule has 0 saturated heterocycles. The van der Waals surface area contributed by atoms with Gasteiger partial charge in [0.1, 0.15) is 5.75 Å². The van der Waals surface area contributed by atoms with Gasteiger partial charge in [-0.25, -0.2) is 0 Å². The maximum atomic E-state index is 10.3. The number of aryl methyl sites for hydroxylation is 1. The summed E-state index contributed by atoms with van der Waals surface area (Å²) >= 11 is 0. The molecule has 1 aromatic carbocycles. The number of rotatable bonds is 4. The molecule has 4 nitrogen and oxygen atoms in total. The SMILES string of the molecule is Cc1c[nH]c2ccc(OCCC(=O)O)cc12. The Bertz CT molecular complexity index is 516. The van der Waals surface area contributed by atoms with Crippen molar-refractivity contribution in [2.75, 3.05) is 6.61 Å². The van der Waals surface area contributed by atoms with Crippen molar-refractivity contribution in [1.82, 2.24) is 4.98 Å². The minimum absolute atomic E-state index is 0.0180. The van der Waals surface area contributed by atoms with Gasteiger partial charge in [0.05, 0.1) is 13.0 Å². The van der Waals surface area contributed by atoms with Crippen molar-refractivity contribution >= 4 is 16.9 Å². The molecule has 0 radical (unpaired) electrons. The number of fused-ring (bicyclic) bond motifs is 1. The summed E-state index contributed by atoms with van der Waals surface area (Å²) in [7, 11) is 0. The number of aromatic amines is 1. The van der Waals surface area contributed by atoms with Crippen LogP contribution in [0, 0.1) is 6.92 Å². The molecule has 0 spiro atoms. The van der Waals surface area contributed by atoms with Gasteiger partial charge < -0.3 is 14.8 Å². The second-order valence-corrected chi connectivity index (χ2v) is 3.67. The average molecular weight is 219 g/mol. The van der Waals surface area contributed by atoms with E-state index in [1.807, 2.05) is 31.3 Å². The Morgan fingerprint density at radius 2 is 2.31 bits per heavy atom. The van der Waals surface area contributed by atoms with Crippen LogP contribution in [-0.4, -0.2) is 22.7 Å². The highest BCUT2D eigenvalue weighted by Crippen LogP contribution is 2.23. The van der Waals surface area contributed by atoms with E-state index in [0.717, 1.165) is 16.5 Å². The summed E-state index contributed by atoms with van der Waals surface area (Å²) in [6, 6.07) is 5.68. The maximum Gasteiger partial charge on any atom is 0.306 e. The van der Waals surface area contributed by atoms with E-state index in [0.29, 0.717) is 5.75 Å². The van der Waals surface area contributed by atoms with Gasteiger partial charge in [-0.15, -0.1) is 0 Å². The monoisotopic (exact) mass is 219 g/mol. The molecule has 16 heavy (non-hydrogen) atoms. The van der Waals surface area contributed by atoms with Gasteiger partial charge in [0.2, 0.25) is 0 Å². The van der Waals surface area contributed by atoms with Crippen LogP contribution in [-0.2, 0) is 4.79 Å². The lowest BCUT2D eigenvalue weighted by atomic mass is 10.2. The molecular formula is C12H13NO3. The van der Waals surface area contributed by atoms with Gasteiger partial charge in [0, 0.05) is 17.1 Å². The second kappa shape index (κ2) is 4.26. The van der Waals surface area contributed by atoms with Crippen molar-refractivity contribution < 1.29 is 14.6 Å². The number of H-pyrrole nitrogens is 1. The zero-order valence-corrected chi connectivity index (χ0v) is 8.99. The summed E-state index contributed by atoms with van der Waals surface area (Å²) in [5, 5.41) is 9.59. The van der Waals surface area contributed by atoms with E-state index in [1.165, 1.54) is 0 Å². The molecule has 0 atom stereocenters. The minimum Gasteiger partial charge on any atom is -0.493 e. The van der Waals surface area contributed by atoms with Crippen molar-refractivity contribution in [1.29, 1.82) is 0 Å². The lowest BCUT2D eigenvalue weighted by molar-refractivity contribution is -0.137. The predicted molar refractivity (Wildman–Crippen MR) is 60.8 cm³/mol. The van der Waals surface area contributed by atoms with Crippen molar-refractivity contribution in [2.24, 2.45) is 0 Å². The van der Waals surface area contributed by atoms with E-state index < -0.39 is 5.97 Å². The van der Waals surface area contributed by atoms with Gasteiger partial charge in [0.15, 0.2) is 0 Å². The molecule has 1 heterocycles. The standard InChI is InChI=1S/C12H13NO3/c1-8-7-13-11-3-2-9(6-10(8)11)16-5-4-12(14)15/h2-3,6-7,13H,4-5H2,1H3,(H,14,15). The van der Waals surface area contributed by atoms with Crippen LogP contribution in [0.2, 0.25) is 0 Å². The van der Waals surface area contributed by atoms with E-state index in [2.05, 4.69) is 4.98 Å². The summed E-state index contributed by atoms with van der Waals surface area (Å²) in [6.45, 7) is 2.21. The summed E-state index contributed by atoms with van der Waals surface area (Å²) in [5.41, 5.74) is 2.21. The molecular weight excluding hydrogens is 206 g/mol. The molecule has 1 aromatic heterocycles. The Balaban J connectivity index is 2.12. The molecule has 0 amide bonds. The number of carbonyl (C=O) groups is 1. The summed E-state index contributed by atoms with van der Waals surface area (Å²) in [4.78, 5) is 13.5. The third kappa shape index (κ3) is 2.16. The fraction of sp³-hybridized carbons (Fsp3) is 0.250. The van der Waals surface area contributed by atoms with Gasteiger partial charge in [0.25, 0.3) is 0 Å². The van der Waals surface area contributed by atoms with Crippen molar-refractivity contribution in [3.63, 3.8) is 0 Å². The fourth-order valence-electron chi connectivity index (χ4n) is 1.59. The lowest BCUT2D eigenvalue weighted by Gasteiger charge is -2.04. The molecule has 0 aliphatic rings. The smallest absolute Gasteiger partial charge is 0.306 e. The minimum atomic E-state index is -0.848. The topological polar surface area (TPSA) is 62.3 Å². The van der Waals surface area contributed by atoms with Gasteiger partial charge in [-0.2, -0.15) is 0 Å². The number of ether oxygens (including phenoxy) is 1. The number of aromatic nitrogens is 1. The van der Waals surface area contributed by atoms with Crippen LogP contribution < -0.4 is 4.74 Å². The number of carboxylic acid groups (broad SMARTS) is 1. The highest BCUT2D eigenvalue weighted by Gasteiger charge is 2.02. The zero-order valence-electron chi connectivity index (χ0n) is 8.99. The van der Waals surface area contributed by atoms with Gasteiger partial charge >= 0.3 is 5.97 Å². The van der Waals surface area contributed by atoms with Crippen molar-refractivity contribution in [2.45, 2.75) is 13.3 Å². The first kappa shape index (κ1) is 10.5. The molecule has 84 valence electrons. The fourth-order valence-corrected chi connectivity index (χ4v) is 1.59. The van der Waals surface area contributed by atoms with Crippen molar-refractivity contribution in [3.8, 4) is 5.75 Å². The summed E-state index contributed by atoms with van der Waals surface area (Å²) in [5.74, 6) is -0.143. The zero-order chi connectivity index (χ0) is 11.5. The molecule has 0 unspecified atom stereocenters. The quantitative estimate of drug-likeness (QED) is 0.829. The first-order valence-corrected chi connectivity index (χ1v) is 5.09. The van der Waals surface area contributed by atoms with Crippen LogP contribution in [0.5, 0.6) is 5.75 Å². The van der Waals surface area contributed by atoms with Crippen LogP contribution in [0.3, 0.4) is 0 Å². The molecule has 2 rings (SSSR count).